The first-order chi connectivity index (χ1) is 16.4. The summed E-state index contributed by atoms with van der Waals surface area (Å²) in [6.07, 6.45) is 4.76. The Morgan fingerprint density at radius 1 is 1.11 bits per heavy atom. The van der Waals surface area contributed by atoms with Crippen LogP contribution in [0.5, 0.6) is 0 Å². The molecule has 1 saturated carbocycles. The number of piperidine rings is 1. The van der Waals surface area contributed by atoms with E-state index in [1.165, 1.54) is 0 Å². The number of sulfonamides is 1. The molecule has 0 atom stereocenters. The zero-order chi connectivity index (χ0) is 25.1. The van der Waals surface area contributed by atoms with Crippen molar-refractivity contribution < 1.29 is 22.7 Å². The van der Waals surface area contributed by atoms with Crippen LogP contribution in [-0.4, -0.2) is 56.9 Å². The van der Waals surface area contributed by atoms with E-state index in [0.717, 1.165) is 63.1 Å². The highest BCUT2D eigenvalue weighted by Gasteiger charge is 2.43. The van der Waals surface area contributed by atoms with Gasteiger partial charge in [-0.2, -0.15) is 0 Å². The fraction of sp³-hybridized carbons (Fsp3) is 0.600. The molecule has 9 nitrogen and oxygen atoms in total. The van der Waals surface area contributed by atoms with Gasteiger partial charge in [-0.3, -0.25) is 5.32 Å². The number of amides is 1. The third kappa shape index (κ3) is 5.24. The van der Waals surface area contributed by atoms with Crippen LogP contribution >= 0.6 is 0 Å². The van der Waals surface area contributed by atoms with Gasteiger partial charge in [0.2, 0.25) is 10.0 Å². The van der Waals surface area contributed by atoms with E-state index < -0.39 is 21.7 Å². The molecule has 2 N–H and O–H groups in total. The quantitative estimate of drug-likeness (QED) is 0.635. The van der Waals surface area contributed by atoms with Gasteiger partial charge in [-0.15, -0.1) is 0 Å². The fourth-order valence-corrected chi connectivity index (χ4v) is 6.20. The van der Waals surface area contributed by atoms with Crippen LogP contribution in [0, 0.1) is 5.41 Å². The van der Waals surface area contributed by atoms with Crippen LogP contribution in [0.4, 0.5) is 16.3 Å². The fourth-order valence-electron chi connectivity index (χ4n) is 4.68. The molecule has 0 unspecified atom stereocenters. The molecule has 1 amide bonds. The van der Waals surface area contributed by atoms with Crippen LogP contribution in [-0.2, 0) is 19.5 Å². The topological polar surface area (TPSA) is 110 Å². The lowest BCUT2D eigenvalue weighted by molar-refractivity contribution is -0.124. The number of aromatic nitrogens is 1. The third-order valence-corrected chi connectivity index (χ3v) is 8.71. The molecule has 0 bridgehead atoms. The Kier molecular flexibility index (Phi) is 5.77. The minimum Gasteiger partial charge on any atom is -0.444 e. The number of hydrogen-bond acceptors (Lipinski definition) is 7. The van der Waals surface area contributed by atoms with E-state index in [0.29, 0.717) is 11.2 Å². The summed E-state index contributed by atoms with van der Waals surface area (Å²) >= 11 is 0. The van der Waals surface area contributed by atoms with E-state index in [1.54, 1.807) is 45.2 Å². The summed E-state index contributed by atoms with van der Waals surface area (Å²) in [5.41, 5.74) is 0.0881. The summed E-state index contributed by atoms with van der Waals surface area (Å²) in [6, 6.07) is 5.11. The molecule has 35 heavy (non-hydrogen) atoms. The van der Waals surface area contributed by atoms with E-state index in [-0.39, 0.29) is 15.8 Å². The maximum absolute atomic E-state index is 13.3. The predicted molar refractivity (Wildman–Crippen MR) is 134 cm³/mol. The Labute approximate surface area is 206 Å². The number of fused-ring (bicyclic) bond motifs is 1. The summed E-state index contributed by atoms with van der Waals surface area (Å²) in [4.78, 5) is 19.2. The Morgan fingerprint density at radius 3 is 2.37 bits per heavy atom. The number of anilines is 2. The van der Waals surface area contributed by atoms with Crippen molar-refractivity contribution in [1.29, 1.82) is 0 Å². The second-order valence-electron chi connectivity index (χ2n) is 11.5. The van der Waals surface area contributed by atoms with E-state index in [4.69, 9.17) is 9.47 Å². The van der Waals surface area contributed by atoms with Crippen LogP contribution in [0.25, 0.3) is 10.8 Å². The predicted octanol–water partition coefficient (Wildman–Crippen LogP) is 4.03. The normalized spacial score (nSPS) is 21.0. The molecule has 1 aliphatic carbocycles. The number of ether oxygens (including phenoxy) is 2. The van der Waals surface area contributed by atoms with E-state index in [1.807, 2.05) is 6.92 Å². The van der Waals surface area contributed by atoms with Crippen molar-refractivity contribution in [2.75, 3.05) is 36.5 Å². The molecule has 1 aromatic carbocycles. The lowest BCUT2D eigenvalue weighted by atomic mass is 9.76. The smallest absolute Gasteiger partial charge is 0.413 e. The third-order valence-electron chi connectivity index (χ3n) is 7.09. The highest BCUT2D eigenvalue weighted by atomic mass is 32.2. The molecule has 2 aromatic rings. The molecule has 10 heteroatoms. The average molecular weight is 503 g/mol. The molecule has 1 aromatic heterocycles. The summed E-state index contributed by atoms with van der Waals surface area (Å²) in [7, 11) is -3.71. The zero-order valence-electron chi connectivity index (χ0n) is 20.8. The second-order valence-corrected chi connectivity index (χ2v) is 13.2. The lowest BCUT2D eigenvalue weighted by Gasteiger charge is -2.48. The molecule has 190 valence electrons. The van der Waals surface area contributed by atoms with Gasteiger partial charge in [-0.05, 0) is 77.0 Å². The number of nitrogens with zero attached hydrogens (tertiary/aromatic N) is 2. The van der Waals surface area contributed by atoms with Gasteiger partial charge in [0, 0.05) is 41.3 Å². The molecule has 2 aliphatic heterocycles. The molecule has 3 heterocycles. The standard InChI is InChI=1S/C25H34N4O5S/c1-23(2,3)34-22(30)27-21-12-17-11-18(35(31,32)28-24(4)5-6-24)13-20(19(17)14-26-21)29-9-7-25(8-10-29)15-33-16-25/h11-14,28H,5-10,15-16H2,1-4H3,(H,26,27,30). The second kappa shape index (κ2) is 8.31. The Hall–Kier alpha value is -2.43. The Morgan fingerprint density at radius 2 is 1.80 bits per heavy atom. The van der Waals surface area contributed by atoms with Crippen molar-refractivity contribution in [2.24, 2.45) is 5.41 Å². The van der Waals surface area contributed by atoms with Crippen LogP contribution in [0.15, 0.2) is 29.3 Å². The first kappa shape index (κ1) is 24.3. The van der Waals surface area contributed by atoms with E-state index in [9.17, 15) is 13.2 Å². The van der Waals surface area contributed by atoms with Crippen LogP contribution < -0.4 is 14.9 Å². The molecule has 3 fully saturated rings. The van der Waals surface area contributed by atoms with Crippen molar-refractivity contribution in [1.82, 2.24) is 9.71 Å². The Balaban J connectivity index is 1.50. The number of carbonyl (C=O) groups excluding carboxylic acids is 1. The molecule has 2 saturated heterocycles. The van der Waals surface area contributed by atoms with Crippen LogP contribution in [0.1, 0.15) is 53.4 Å². The lowest BCUT2D eigenvalue weighted by Crippen LogP contribution is -2.51. The SMILES string of the molecule is CC1(NS(=O)(=O)c2cc(N3CCC4(CC3)COC4)c3cnc(NC(=O)OC(C)(C)C)cc3c2)CC1. The summed E-state index contributed by atoms with van der Waals surface area (Å²) < 4.78 is 40.2. The van der Waals surface area contributed by atoms with Crippen LogP contribution in [0.2, 0.25) is 0 Å². The highest BCUT2D eigenvalue weighted by molar-refractivity contribution is 7.89. The molecule has 3 aliphatic rings. The molecular formula is C25H34N4O5S. The van der Waals surface area contributed by atoms with Gasteiger partial charge in [-0.25, -0.2) is 22.9 Å². The van der Waals surface area contributed by atoms with Crippen molar-refractivity contribution >= 4 is 38.4 Å². The maximum atomic E-state index is 13.3. The van der Waals surface area contributed by atoms with Gasteiger partial charge < -0.3 is 14.4 Å². The molecule has 0 radical (unpaired) electrons. The first-order valence-electron chi connectivity index (χ1n) is 12.2. The summed E-state index contributed by atoms with van der Waals surface area (Å²) in [5.74, 6) is 0.304. The van der Waals surface area contributed by atoms with Gasteiger partial charge in [0.25, 0.3) is 0 Å². The number of benzene rings is 1. The summed E-state index contributed by atoms with van der Waals surface area (Å²) in [5, 5.41) is 4.19. The minimum absolute atomic E-state index is 0.217. The molecular weight excluding hydrogens is 468 g/mol. The summed E-state index contributed by atoms with van der Waals surface area (Å²) in [6.45, 7) is 10.5. The van der Waals surface area contributed by atoms with Gasteiger partial charge in [0.1, 0.15) is 11.4 Å². The number of hydrogen-bond donors (Lipinski definition) is 2. The van der Waals surface area contributed by atoms with E-state index >= 15 is 0 Å². The van der Waals surface area contributed by atoms with E-state index in [2.05, 4.69) is 19.9 Å². The van der Waals surface area contributed by atoms with Crippen molar-refractivity contribution in [3.8, 4) is 0 Å². The molecule has 1 spiro atoms. The van der Waals surface area contributed by atoms with Crippen molar-refractivity contribution in [3.63, 3.8) is 0 Å². The minimum atomic E-state index is -3.71. The van der Waals surface area contributed by atoms with Gasteiger partial charge in [0.15, 0.2) is 0 Å². The highest BCUT2D eigenvalue weighted by Crippen LogP contribution is 2.42. The average Bonchev–Trinajstić information content (AvgIpc) is 3.46. The molecule has 5 rings (SSSR count). The van der Waals surface area contributed by atoms with Crippen LogP contribution in [0.3, 0.4) is 0 Å². The maximum Gasteiger partial charge on any atom is 0.413 e. The van der Waals surface area contributed by atoms with Gasteiger partial charge in [0.05, 0.1) is 18.1 Å². The van der Waals surface area contributed by atoms with Gasteiger partial charge in [-0.1, -0.05) is 0 Å². The zero-order valence-corrected chi connectivity index (χ0v) is 21.6. The number of pyridine rings is 1. The number of carbonyl (C=O) groups is 1. The monoisotopic (exact) mass is 502 g/mol. The Bertz CT molecular complexity index is 1250. The van der Waals surface area contributed by atoms with Crippen molar-refractivity contribution in [2.45, 2.75) is 69.4 Å². The first-order valence-corrected chi connectivity index (χ1v) is 13.6. The largest absolute Gasteiger partial charge is 0.444 e. The van der Waals surface area contributed by atoms with Gasteiger partial charge >= 0.3 is 6.09 Å². The number of nitrogens with one attached hydrogen (secondary N) is 2. The number of rotatable bonds is 5. The van der Waals surface area contributed by atoms with Crippen molar-refractivity contribution in [3.05, 3.63) is 24.4 Å².